The van der Waals surface area contributed by atoms with E-state index in [-0.39, 0.29) is 5.92 Å². The van der Waals surface area contributed by atoms with Gasteiger partial charge >= 0.3 is 0 Å². The number of nitriles is 1. The molecule has 1 aliphatic rings. The van der Waals surface area contributed by atoms with Crippen LogP contribution in [0.2, 0.25) is 0 Å². The van der Waals surface area contributed by atoms with Crippen LogP contribution in [0.4, 0.5) is 5.82 Å². The quantitative estimate of drug-likeness (QED) is 0.790. The molecule has 3 aromatic rings. The van der Waals surface area contributed by atoms with E-state index in [1.165, 1.54) is 5.56 Å². The van der Waals surface area contributed by atoms with Crippen molar-refractivity contribution in [2.75, 3.05) is 11.4 Å². The lowest BCUT2D eigenvalue weighted by Gasteiger charge is -2.33. The number of imidazole rings is 1. The summed E-state index contributed by atoms with van der Waals surface area (Å²) in [4.78, 5) is 14.4. The van der Waals surface area contributed by atoms with Gasteiger partial charge < -0.3 is 9.88 Å². The van der Waals surface area contributed by atoms with Crippen LogP contribution in [-0.4, -0.2) is 21.5 Å². The largest absolute Gasteiger partial charge is 0.350 e. The Kier molecular flexibility index (Phi) is 3.28. The molecule has 1 aliphatic heterocycles. The van der Waals surface area contributed by atoms with Gasteiger partial charge in [0.25, 0.3) is 0 Å². The maximum Gasteiger partial charge on any atom is 0.128 e. The van der Waals surface area contributed by atoms with Crippen LogP contribution < -0.4 is 4.90 Å². The van der Waals surface area contributed by atoms with Gasteiger partial charge in [-0.05, 0) is 17.7 Å². The number of aromatic nitrogens is 3. The van der Waals surface area contributed by atoms with Crippen molar-refractivity contribution in [2.45, 2.75) is 12.5 Å². The first-order chi connectivity index (χ1) is 11.3. The fourth-order valence-electron chi connectivity index (χ4n) is 3.08. The molecule has 1 atom stereocenters. The first kappa shape index (κ1) is 13.5. The molecule has 0 radical (unpaired) electrons. The number of rotatable bonds is 2. The number of anilines is 1. The maximum absolute atomic E-state index is 8.92. The van der Waals surface area contributed by atoms with E-state index < -0.39 is 0 Å². The van der Waals surface area contributed by atoms with E-state index in [2.05, 4.69) is 50.2 Å². The van der Waals surface area contributed by atoms with Crippen molar-refractivity contribution < 1.29 is 0 Å². The van der Waals surface area contributed by atoms with Gasteiger partial charge in [0.1, 0.15) is 11.9 Å². The molecule has 0 aliphatic carbocycles. The van der Waals surface area contributed by atoms with E-state index in [1.807, 2.05) is 18.2 Å². The normalized spacial score (nSPS) is 16.7. The molecule has 5 heteroatoms. The molecule has 3 heterocycles. The number of nitrogens with zero attached hydrogens (tertiary/aromatic N) is 4. The average molecular weight is 301 g/mol. The van der Waals surface area contributed by atoms with E-state index in [0.29, 0.717) is 5.56 Å². The maximum atomic E-state index is 8.92. The number of hydrogen-bond acceptors (Lipinski definition) is 4. The summed E-state index contributed by atoms with van der Waals surface area (Å²) in [5.41, 5.74) is 4.06. The van der Waals surface area contributed by atoms with Crippen molar-refractivity contribution in [3.05, 3.63) is 77.5 Å². The molecule has 2 aromatic heterocycles. The molecule has 112 valence electrons. The lowest BCUT2D eigenvalue weighted by molar-refractivity contribution is 0.640. The predicted octanol–water partition coefficient (Wildman–Crippen LogP) is 2.83. The Morgan fingerprint density at radius 3 is 2.74 bits per heavy atom. The van der Waals surface area contributed by atoms with Crippen molar-refractivity contribution in [3.8, 4) is 6.07 Å². The third kappa shape index (κ3) is 2.44. The van der Waals surface area contributed by atoms with Gasteiger partial charge in [0, 0.05) is 18.7 Å². The summed E-state index contributed by atoms with van der Waals surface area (Å²) in [5, 5.41) is 8.92. The smallest absolute Gasteiger partial charge is 0.128 e. The number of fused-ring (bicyclic) bond motifs is 1. The highest BCUT2D eigenvalue weighted by atomic mass is 15.2. The van der Waals surface area contributed by atoms with E-state index in [1.54, 1.807) is 12.5 Å². The van der Waals surface area contributed by atoms with Crippen LogP contribution in [0, 0.1) is 11.3 Å². The Morgan fingerprint density at radius 1 is 1.13 bits per heavy atom. The number of hydrogen-bond donors (Lipinski definition) is 1. The zero-order valence-electron chi connectivity index (χ0n) is 12.5. The Balaban J connectivity index is 1.70. The summed E-state index contributed by atoms with van der Waals surface area (Å²) in [6.07, 6.45) is 3.38. The van der Waals surface area contributed by atoms with Crippen molar-refractivity contribution in [1.29, 1.82) is 5.26 Å². The third-order valence-electron chi connectivity index (χ3n) is 4.24. The summed E-state index contributed by atoms with van der Waals surface area (Å²) >= 11 is 0. The zero-order valence-corrected chi connectivity index (χ0v) is 12.5. The highest BCUT2D eigenvalue weighted by Gasteiger charge is 2.29. The second kappa shape index (κ2) is 5.58. The minimum atomic E-state index is 0.212. The Hall–Kier alpha value is -3.13. The van der Waals surface area contributed by atoms with Crippen molar-refractivity contribution >= 4 is 5.82 Å². The summed E-state index contributed by atoms with van der Waals surface area (Å²) in [6.45, 7) is 1.57. The minimum absolute atomic E-state index is 0.212. The van der Waals surface area contributed by atoms with Crippen LogP contribution in [0.25, 0.3) is 0 Å². The van der Waals surface area contributed by atoms with Gasteiger partial charge in [-0.1, -0.05) is 30.3 Å². The van der Waals surface area contributed by atoms with Crippen molar-refractivity contribution in [1.82, 2.24) is 15.0 Å². The molecule has 1 unspecified atom stereocenters. The van der Waals surface area contributed by atoms with Gasteiger partial charge in [-0.25, -0.2) is 9.97 Å². The first-order valence-corrected chi connectivity index (χ1v) is 7.53. The van der Waals surface area contributed by atoms with Crippen LogP contribution in [0.15, 0.2) is 55.0 Å². The van der Waals surface area contributed by atoms with Crippen molar-refractivity contribution in [2.24, 2.45) is 0 Å². The zero-order chi connectivity index (χ0) is 15.6. The third-order valence-corrected chi connectivity index (χ3v) is 4.24. The molecule has 1 N–H and O–H groups in total. The molecule has 1 aromatic carbocycles. The molecule has 0 saturated carbocycles. The van der Waals surface area contributed by atoms with Crippen LogP contribution in [0.5, 0.6) is 0 Å². The Bertz CT molecular complexity index is 845. The summed E-state index contributed by atoms with van der Waals surface area (Å²) in [7, 11) is 0. The second-order valence-corrected chi connectivity index (χ2v) is 5.63. The number of benzene rings is 1. The fraction of sp³-hybridized carbons (Fsp3) is 0.167. The van der Waals surface area contributed by atoms with E-state index in [9.17, 15) is 0 Å². The summed E-state index contributed by atoms with van der Waals surface area (Å²) < 4.78 is 0. The Labute approximate surface area is 134 Å². The molecule has 0 amide bonds. The minimum Gasteiger partial charge on any atom is -0.350 e. The van der Waals surface area contributed by atoms with Gasteiger partial charge in [0.05, 0.1) is 29.8 Å². The molecule has 23 heavy (non-hydrogen) atoms. The molecule has 5 nitrogen and oxygen atoms in total. The van der Waals surface area contributed by atoms with Gasteiger partial charge in [-0.3, -0.25) is 0 Å². The molecule has 0 fully saturated rings. The van der Waals surface area contributed by atoms with Gasteiger partial charge in [-0.2, -0.15) is 5.26 Å². The highest BCUT2D eigenvalue weighted by Crippen LogP contribution is 2.33. The van der Waals surface area contributed by atoms with E-state index in [4.69, 9.17) is 5.26 Å². The lowest BCUT2D eigenvalue weighted by atomic mass is 9.91. The molecule has 0 saturated heterocycles. The first-order valence-electron chi connectivity index (χ1n) is 7.53. The molecule has 0 bridgehead atoms. The standard InChI is InChI=1S/C18H15N5/c19-8-13-6-7-17(20-9-13)23-10-15(14-4-2-1-3-5-14)18-16(11-23)21-12-22-18/h1-7,9,12,15H,10-11H2,(H,21,22). The average Bonchev–Trinajstić information content (AvgIpc) is 3.10. The number of H-pyrrole nitrogens is 1. The molecule has 0 spiro atoms. The van der Waals surface area contributed by atoms with Crippen LogP contribution >= 0.6 is 0 Å². The van der Waals surface area contributed by atoms with E-state index in [0.717, 1.165) is 30.3 Å². The summed E-state index contributed by atoms with van der Waals surface area (Å²) in [6, 6.07) is 16.2. The van der Waals surface area contributed by atoms with Gasteiger partial charge in [-0.15, -0.1) is 0 Å². The van der Waals surface area contributed by atoms with Crippen LogP contribution in [0.1, 0.15) is 28.4 Å². The monoisotopic (exact) mass is 301 g/mol. The SMILES string of the molecule is N#Cc1ccc(N2Cc3[nH]cnc3C(c3ccccc3)C2)nc1. The topological polar surface area (TPSA) is 68.6 Å². The number of nitrogens with one attached hydrogen (secondary N) is 1. The fourth-order valence-corrected chi connectivity index (χ4v) is 3.08. The summed E-state index contributed by atoms with van der Waals surface area (Å²) in [5.74, 6) is 1.09. The molecular weight excluding hydrogens is 286 g/mol. The van der Waals surface area contributed by atoms with Crippen molar-refractivity contribution in [3.63, 3.8) is 0 Å². The highest BCUT2D eigenvalue weighted by molar-refractivity contribution is 5.47. The van der Waals surface area contributed by atoms with Gasteiger partial charge in [0.2, 0.25) is 0 Å². The van der Waals surface area contributed by atoms with Gasteiger partial charge in [0.15, 0.2) is 0 Å². The lowest BCUT2D eigenvalue weighted by Crippen LogP contribution is -2.34. The number of pyridine rings is 1. The number of aromatic amines is 1. The predicted molar refractivity (Wildman–Crippen MR) is 86.9 cm³/mol. The molecule has 4 rings (SSSR count). The Morgan fingerprint density at radius 2 is 2.00 bits per heavy atom. The van der Waals surface area contributed by atoms with Crippen LogP contribution in [-0.2, 0) is 6.54 Å². The molecular formula is C18H15N5. The second-order valence-electron chi connectivity index (χ2n) is 5.63. The van der Waals surface area contributed by atoms with E-state index >= 15 is 0 Å². The van der Waals surface area contributed by atoms with Crippen LogP contribution in [0.3, 0.4) is 0 Å².